The van der Waals surface area contributed by atoms with Gasteiger partial charge in [0.05, 0.1) is 28.5 Å². The molecule has 1 aromatic carbocycles. The smallest absolute Gasteiger partial charge is 0.320 e. The van der Waals surface area contributed by atoms with Gasteiger partial charge in [-0.3, -0.25) is 10.3 Å². The predicted octanol–water partition coefficient (Wildman–Crippen LogP) is 2.85. The van der Waals surface area contributed by atoms with E-state index in [1.165, 1.54) is 12.1 Å². The molecule has 2 amide bonds. The number of aryl methyl sites for hydroxylation is 1. The minimum Gasteiger partial charge on any atom is -0.334 e. The van der Waals surface area contributed by atoms with Crippen molar-refractivity contribution in [2.24, 2.45) is 0 Å². The Morgan fingerprint density at radius 2 is 1.94 bits per heavy atom. The second-order valence-corrected chi connectivity index (χ2v) is 9.08. The van der Waals surface area contributed by atoms with Gasteiger partial charge in [-0.25, -0.2) is 22.9 Å². The molecule has 3 aromatic heterocycles. The van der Waals surface area contributed by atoms with Crippen molar-refractivity contribution in [3.8, 4) is 5.69 Å². The molecule has 2 N–H and O–H groups in total. The number of nitrogens with zero attached hydrogens (tertiary/aromatic N) is 4. The minimum absolute atomic E-state index is 0.177. The molecular weight excluding hydrogens is 416 g/mol. The Morgan fingerprint density at radius 1 is 1.10 bits per heavy atom. The number of benzene rings is 1. The molecule has 0 saturated heterocycles. The Balaban J connectivity index is 1.45. The van der Waals surface area contributed by atoms with E-state index in [1.807, 2.05) is 19.1 Å². The lowest BCUT2D eigenvalue weighted by Crippen LogP contribution is -2.28. The van der Waals surface area contributed by atoms with Crippen LogP contribution in [0, 0.1) is 6.92 Å². The summed E-state index contributed by atoms with van der Waals surface area (Å²) in [5.41, 5.74) is 3.23. The molecule has 0 radical (unpaired) electrons. The lowest BCUT2D eigenvalue weighted by Gasteiger charge is -2.09. The van der Waals surface area contributed by atoms with Crippen LogP contribution >= 0.6 is 0 Å². The molecule has 9 nitrogen and oxygen atoms in total. The zero-order chi connectivity index (χ0) is 22.0. The van der Waals surface area contributed by atoms with Gasteiger partial charge < -0.3 is 5.32 Å². The average molecular weight is 436 g/mol. The number of rotatable bonds is 5. The molecule has 31 heavy (non-hydrogen) atoms. The zero-order valence-corrected chi connectivity index (χ0v) is 17.7. The molecule has 3 heterocycles. The maximum atomic E-state index is 12.3. The second-order valence-electron chi connectivity index (χ2n) is 7.07. The van der Waals surface area contributed by atoms with Crippen molar-refractivity contribution in [3.63, 3.8) is 0 Å². The number of hydrogen-bond donors (Lipinski definition) is 2. The fourth-order valence-electron chi connectivity index (χ4n) is 3.09. The highest BCUT2D eigenvalue weighted by atomic mass is 32.2. The van der Waals surface area contributed by atoms with Crippen LogP contribution in [0.5, 0.6) is 0 Å². The summed E-state index contributed by atoms with van der Waals surface area (Å²) >= 11 is 0. The molecule has 0 aliphatic carbocycles. The van der Waals surface area contributed by atoms with Gasteiger partial charge in [0.2, 0.25) is 0 Å². The van der Waals surface area contributed by atoms with Crippen LogP contribution in [0.3, 0.4) is 0 Å². The van der Waals surface area contributed by atoms with Gasteiger partial charge in [-0.15, -0.1) is 0 Å². The lowest BCUT2D eigenvalue weighted by molar-refractivity contribution is 0.251. The average Bonchev–Trinajstić information content (AvgIpc) is 3.15. The summed E-state index contributed by atoms with van der Waals surface area (Å²) < 4.78 is 25.1. The summed E-state index contributed by atoms with van der Waals surface area (Å²) in [5.74, 6) is 0.375. The first-order valence-corrected chi connectivity index (χ1v) is 11.3. The van der Waals surface area contributed by atoms with Gasteiger partial charge in [0.1, 0.15) is 5.82 Å². The van der Waals surface area contributed by atoms with Gasteiger partial charge in [0.25, 0.3) is 0 Å². The summed E-state index contributed by atoms with van der Waals surface area (Å²) in [6, 6.07) is 11.5. The fourth-order valence-corrected chi connectivity index (χ4v) is 3.78. The van der Waals surface area contributed by atoms with Crippen molar-refractivity contribution in [1.82, 2.24) is 25.1 Å². The molecule has 0 fully saturated rings. The monoisotopic (exact) mass is 436 g/mol. The van der Waals surface area contributed by atoms with Gasteiger partial charge in [-0.2, -0.15) is 5.10 Å². The van der Waals surface area contributed by atoms with Gasteiger partial charge in [-0.05, 0) is 42.8 Å². The van der Waals surface area contributed by atoms with Crippen LogP contribution in [0.25, 0.3) is 16.6 Å². The van der Waals surface area contributed by atoms with Crippen LogP contribution in [-0.4, -0.2) is 40.5 Å². The van der Waals surface area contributed by atoms with Gasteiger partial charge in [0, 0.05) is 30.1 Å². The summed E-state index contributed by atoms with van der Waals surface area (Å²) in [5, 5.41) is 10.6. The number of nitrogens with one attached hydrogen (secondary N) is 2. The number of pyridine rings is 2. The number of carbonyl (C=O) groups is 1. The molecular formula is C21H20N6O3S. The van der Waals surface area contributed by atoms with E-state index in [9.17, 15) is 13.2 Å². The maximum Gasteiger partial charge on any atom is 0.320 e. The van der Waals surface area contributed by atoms with E-state index in [0.29, 0.717) is 11.4 Å². The third-order valence-corrected chi connectivity index (χ3v) is 5.71. The first-order chi connectivity index (χ1) is 14.8. The molecule has 0 aliphatic heterocycles. The lowest BCUT2D eigenvalue weighted by atomic mass is 10.2. The Kier molecular flexibility index (Phi) is 5.38. The maximum absolute atomic E-state index is 12.3. The number of urea groups is 1. The van der Waals surface area contributed by atoms with E-state index in [-0.39, 0.29) is 11.4 Å². The van der Waals surface area contributed by atoms with Crippen molar-refractivity contribution >= 4 is 32.6 Å². The van der Waals surface area contributed by atoms with Gasteiger partial charge >= 0.3 is 6.03 Å². The van der Waals surface area contributed by atoms with E-state index in [1.54, 1.807) is 41.5 Å². The Bertz CT molecular complexity index is 1380. The highest BCUT2D eigenvalue weighted by Gasteiger charge is 2.10. The number of fused-ring (bicyclic) bond motifs is 1. The summed E-state index contributed by atoms with van der Waals surface area (Å²) in [6.07, 6.45) is 6.21. The SMILES string of the molecule is Cc1cc(-n2ncc3cc(NC(=O)NCc4cccc(S(C)(=O)=O)c4)ncc32)ccn1. The van der Waals surface area contributed by atoms with Crippen LogP contribution in [0.15, 0.2) is 66.0 Å². The molecule has 0 aliphatic rings. The van der Waals surface area contributed by atoms with E-state index < -0.39 is 15.9 Å². The Morgan fingerprint density at radius 3 is 2.71 bits per heavy atom. The molecule has 0 atom stereocenters. The standard InChI is InChI=1S/C21H20N6O3S/c1-14-8-17(6-7-22-14)27-19-13-23-20(10-16(19)12-25-27)26-21(28)24-11-15-4-3-5-18(9-15)31(2,29)30/h3-10,12-13H,11H2,1-2H3,(H2,23,24,26,28). The van der Waals surface area contributed by atoms with Gasteiger partial charge in [-0.1, -0.05) is 12.1 Å². The van der Waals surface area contributed by atoms with Crippen molar-refractivity contribution in [1.29, 1.82) is 0 Å². The molecule has 4 aromatic rings. The fraction of sp³-hybridized carbons (Fsp3) is 0.143. The zero-order valence-electron chi connectivity index (χ0n) is 16.9. The first kappa shape index (κ1) is 20.5. The van der Waals surface area contributed by atoms with Crippen molar-refractivity contribution in [2.75, 3.05) is 11.6 Å². The number of hydrogen-bond acceptors (Lipinski definition) is 6. The summed E-state index contributed by atoms with van der Waals surface area (Å²) in [7, 11) is -3.30. The largest absolute Gasteiger partial charge is 0.334 e. The third kappa shape index (κ3) is 4.69. The summed E-state index contributed by atoms with van der Waals surface area (Å²) in [6.45, 7) is 2.09. The summed E-state index contributed by atoms with van der Waals surface area (Å²) in [4.78, 5) is 21.0. The van der Waals surface area contributed by atoms with Crippen LogP contribution < -0.4 is 10.6 Å². The topological polar surface area (TPSA) is 119 Å². The quantitative estimate of drug-likeness (QED) is 0.497. The molecule has 10 heteroatoms. The van der Waals surface area contributed by atoms with Crippen LogP contribution in [0.4, 0.5) is 10.6 Å². The van der Waals surface area contributed by atoms with E-state index >= 15 is 0 Å². The molecule has 0 unspecified atom stereocenters. The van der Waals surface area contributed by atoms with E-state index in [4.69, 9.17) is 0 Å². The van der Waals surface area contributed by atoms with Crippen LogP contribution in [-0.2, 0) is 16.4 Å². The number of aromatic nitrogens is 4. The molecule has 4 rings (SSSR count). The van der Waals surface area contributed by atoms with Crippen molar-refractivity contribution in [2.45, 2.75) is 18.4 Å². The molecule has 0 spiro atoms. The van der Waals surface area contributed by atoms with Crippen LogP contribution in [0.2, 0.25) is 0 Å². The molecule has 158 valence electrons. The predicted molar refractivity (Wildman–Crippen MR) is 117 cm³/mol. The van der Waals surface area contributed by atoms with Crippen LogP contribution in [0.1, 0.15) is 11.3 Å². The molecule has 0 bridgehead atoms. The van der Waals surface area contributed by atoms with Crippen molar-refractivity contribution < 1.29 is 13.2 Å². The highest BCUT2D eigenvalue weighted by Crippen LogP contribution is 2.20. The highest BCUT2D eigenvalue weighted by molar-refractivity contribution is 7.90. The number of amides is 2. The Labute approximate surface area is 179 Å². The third-order valence-electron chi connectivity index (χ3n) is 4.60. The van der Waals surface area contributed by atoms with E-state index in [2.05, 4.69) is 25.7 Å². The van der Waals surface area contributed by atoms with Crippen molar-refractivity contribution in [3.05, 3.63) is 72.3 Å². The number of anilines is 1. The number of carbonyl (C=O) groups excluding carboxylic acids is 1. The second kappa shape index (κ2) is 8.15. The van der Waals surface area contributed by atoms with Gasteiger partial charge in [0.15, 0.2) is 9.84 Å². The normalized spacial score (nSPS) is 11.4. The van der Waals surface area contributed by atoms with E-state index in [0.717, 1.165) is 28.5 Å². The minimum atomic E-state index is -3.30. The molecule has 0 saturated carbocycles. The first-order valence-electron chi connectivity index (χ1n) is 9.40. The Hall–Kier alpha value is -3.79. The number of sulfone groups is 1.